The van der Waals surface area contributed by atoms with Crippen molar-refractivity contribution in [3.8, 4) is 0 Å². The van der Waals surface area contributed by atoms with E-state index in [1.54, 1.807) is 0 Å². The van der Waals surface area contributed by atoms with Gasteiger partial charge in [-0.3, -0.25) is 0 Å². The molecule has 208 valence electrons. The summed E-state index contributed by atoms with van der Waals surface area (Å²) < 4.78 is 5.53. The van der Waals surface area contributed by atoms with Gasteiger partial charge < -0.3 is 37.1 Å². The van der Waals surface area contributed by atoms with E-state index in [4.69, 9.17) is 16.3 Å². The average molecular weight is 724 g/mol. The third-order valence-electron chi connectivity index (χ3n) is 5.49. The van der Waals surface area contributed by atoms with Gasteiger partial charge in [0.25, 0.3) is 0 Å². The summed E-state index contributed by atoms with van der Waals surface area (Å²) >= 11 is 13.8. The molecule has 0 heterocycles. The van der Waals surface area contributed by atoms with E-state index in [1.165, 1.54) is 127 Å². The van der Waals surface area contributed by atoms with Crippen molar-refractivity contribution >= 4 is 58.6 Å². The summed E-state index contributed by atoms with van der Waals surface area (Å²) in [5.41, 5.74) is -6.57. The van der Waals surface area contributed by atoms with Gasteiger partial charge in [0.1, 0.15) is 0 Å². The van der Waals surface area contributed by atoms with E-state index >= 15 is 0 Å². The number of hydrogen-bond acceptors (Lipinski definition) is 8. The molecule has 0 amide bonds. The molecule has 0 saturated carbocycles. The largest absolute Gasteiger partial charge is 2.00 e. The van der Waals surface area contributed by atoms with Crippen LogP contribution in [0.15, 0.2) is 0 Å². The fraction of sp³-hybridized carbons (Fsp3) is 1.00. The Labute approximate surface area is 269 Å². The molecule has 1 unspecified atom stereocenters. The topological polar surface area (TPSA) is 78.4 Å². The summed E-state index contributed by atoms with van der Waals surface area (Å²) in [7, 11) is 0. The zero-order chi connectivity index (χ0) is 26.0. The Morgan fingerprint density at radius 2 is 0.861 bits per heavy atom. The van der Waals surface area contributed by atoms with Crippen LogP contribution in [0.5, 0.6) is 0 Å². The van der Waals surface area contributed by atoms with Gasteiger partial charge in [0.05, 0.1) is 6.61 Å². The normalized spacial score (nSPS) is 12.6. The monoisotopic (exact) mass is 720 g/mol. The van der Waals surface area contributed by atoms with Crippen molar-refractivity contribution < 1.29 is 58.2 Å². The van der Waals surface area contributed by atoms with Crippen LogP contribution in [0.1, 0.15) is 142 Å². The fourth-order valence-electron chi connectivity index (χ4n) is 3.57. The minimum atomic E-state index is -3.72. The van der Waals surface area contributed by atoms with Crippen molar-refractivity contribution in [3.05, 3.63) is 0 Å². The molecule has 0 aliphatic rings. The molecule has 4 nitrogen and oxygen atoms in total. The summed E-state index contributed by atoms with van der Waals surface area (Å²) in [6.45, 7) is 5.10. The van der Waals surface area contributed by atoms with E-state index in [-0.39, 0.29) is 39.0 Å². The van der Waals surface area contributed by atoms with Crippen molar-refractivity contribution in [2.75, 3.05) is 12.4 Å². The van der Waals surface area contributed by atoms with Gasteiger partial charge in [-0.15, -0.1) is 11.4 Å². The van der Waals surface area contributed by atoms with Crippen molar-refractivity contribution in [1.29, 1.82) is 0 Å². The Morgan fingerprint density at radius 1 is 0.583 bits per heavy atom. The first-order valence-electron chi connectivity index (χ1n) is 13.5. The molecule has 36 heavy (non-hydrogen) atoms. The van der Waals surface area contributed by atoms with E-state index in [0.29, 0.717) is 6.61 Å². The SMILES string of the molecule is CCCCCCCCCCCCOP([O-])(=S)SCCCCCCCCCCCC.[O-]P([O-])(=S)[S-].[Zn+2].[Zn+2]. The van der Waals surface area contributed by atoms with Crippen LogP contribution in [0, 0.1) is 0 Å². The maximum absolute atomic E-state index is 12.3. The molecule has 0 aromatic heterocycles. The summed E-state index contributed by atoms with van der Waals surface area (Å²) in [5.74, 6) is 0.884. The Balaban J connectivity index is -0.000000661. The van der Waals surface area contributed by atoms with Crippen molar-refractivity contribution in [2.24, 2.45) is 0 Å². The molecule has 0 radical (unpaired) electrons. The molecule has 0 aromatic carbocycles. The quantitative estimate of drug-likeness (QED) is 0.0436. The van der Waals surface area contributed by atoms with E-state index < -0.39 is 11.4 Å². The minimum absolute atomic E-state index is 0. The standard InChI is InChI=1S/C24H51O2PS2.H3O2PS2.2Zn/c1-3-5-7-9-11-13-15-17-19-21-23-26-27(25,28)29-24-22-20-18-16-14-12-10-8-6-4-2;1-3(2,4)5;;/h3-24H2,1-2H3,(H,25,28);(H3,1,2,4,5);;/q;;2*+2/p-4. The molecular weight excluding hydrogens is 673 g/mol. The second-order valence-electron chi connectivity index (χ2n) is 8.92. The summed E-state index contributed by atoms with van der Waals surface area (Å²) in [5, 5.41) is 0. The van der Waals surface area contributed by atoms with Gasteiger partial charge in [-0.05, 0) is 18.6 Å². The van der Waals surface area contributed by atoms with Gasteiger partial charge in [-0.1, -0.05) is 141 Å². The van der Waals surface area contributed by atoms with Crippen LogP contribution in [-0.2, 0) is 79.3 Å². The van der Waals surface area contributed by atoms with Crippen molar-refractivity contribution in [2.45, 2.75) is 142 Å². The molecule has 0 aliphatic carbocycles. The van der Waals surface area contributed by atoms with Crippen LogP contribution in [0.3, 0.4) is 0 Å². The maximum Gasteiger partial charge on any atom is 2.00 e. The average Bonchev–Trinajstić information content (AvgIpc) is 2.74. The van der Waals surface area contributed by atoms with Gasteiger partial charge in [0.2, 0.25) is 0 Å². The molecule has 0 spiro atoms. The van der Waals surface area contributed by atoms with E-state index in [0.717, 1.165) is 18.6 Å². The van der Waals surface area contributed by atoms with Gasteiger partial charge in [-0.25, -0.2) is 0 Å². The molecule has 0 rings (SSSR count). The second kappa shape index (κ2) is 34.3. The molecule has 0 fully saturated rings. The zero-order valence-electron chi connectivity index (χ0n) is 23.1. The van der Waals surface area contributed by atoms with E-state index in [9.17, 15) is 14.7 Å². The summed E-state index contributed by atoms with van der Waals surface area (Å²) in [6, 6.07) is 0. The molecule has 0 aromatic rings. The minimum Gasteiger partial charge on any atom is -0.850 e. The number of rotatable bonds is 24. The second-order valence-corrected chi connectivity index (χ2v) is 19.6. The predicted octanol–water partition coefficient (Wildman–Crippen LogP) is 7.64. The smallest absolute Gasteiger partial charge is 0.850 e. The van der Waals surface area contributed by atoms with Crippen LogP contribution in [0.25, 0.3) is 0 Å². The van der Waals surface area contributed by atoms with Crippen LogP contribution >= 0.6 is 22.8 Å². The fourth-order valence-corrected chi connectivity index (χ4v) is 6.95. The van der Waals surface area contributed by atoms with E-state index in [1.807, 2.05) is 0 Å². The third kappa shape index (κ3) is 50.0. The first-order valence-corrected chi connectivity index (χ1v) is 21.3. The van der Waals surface area contributed by atoms with Crippen LogP contribution < -0.4 is 14.7 Å². The molecule has 1 atom stereocenters. The van der Waals surface area contributed by atoms with Gasteiger partial charge >= 0.3 is 39.0 Å². The van der Waals surface area contributed by atoms with Gasteiger partial charge in [0, 0.05) is 5.69 Å². The van der Waals surface area contributed by atoms with Gasteiger partial charge in [0.15, 0.2) is 0 Å². The van der Waals surface area contributed by atoms with Gasteiger partial charge in [-0.2, -0.15) is 11.8 Å². The Kier molecular flexibility index (Phi) is 43.9. The predicted molar refractivity (Wildman–Crippen MR) is 158 cm³/mol. The molecule has 0 aliphatic heterocycles. The molecule has 0 saturated heterocycles. The Bertz CT molecular complexity index is 480. The number of hydrogen-bond donors (Lipinski definition) is 0. The van der Waals surface area contributed by atoms with Crippen LogP contribution in [-0.4, -0.2) is 12.4 Å². The van der Waals surface area contributed by atoms with E-state index in [2.05, 4.69) is 37.9 Å². The first kappa shape index (κ1) is 46.1. The first-order chi connectivity index (χ1) is 16.1. The van der Waals surface area contributed by atoms with Crippen LogP contribution in [0.4, 0.5) is 0 Å². The molecular formula is C24H50O4P2S4Zn2. The Morgan fingerprint density at radius 3 is 1.19 bits per heavy atom. The Hall–Kier alpha value is 3.09. The molecule has 0 bridgehead atoms. The zero-order valence-corrected chi connectivity index (χ0v) is 34.1. The summed E-state index contributed by atoms with van der Waals surface area (Å²) in [4.78, 5) is 30.9. The van der Waals surface area contributed by atoms with Crippen molar-refractivity contribution in [1.82, 2.24) is 0 Å². The summed E-state index contributed by atoms with van der Waals surface area (Å²) in [6.07, 6.45) is 26.3. The third-order valence-corrected chi connectivity index (χ3v) is 9.86. The molecule has 0 N–H and O–H groups in total. The maximum atomic E-state index is 12.3. The van der Waals surface area contributed by atoms with Crippen molar-refractivity contribution in [3.63, 3.8) is 0 Å². The van der Waals surface area contributed by atoms with Crippen LogP contribution in [0.2, 0.25) is 0 Å². The molecule has 12 heteroatoms. The number of unbranched alkanes of at least 4 members (excludes halogenated alkanes) is 18.